The van der Waals surface area contributed by atoms with Gasteiger partial charge in [0.2, 0.25) is 0 Å². The van der Waals surface area contributed by atoms with Gasteiger partial charge in [-0.3, -0.25) is 0 Å². The molecule has 0 aromatic heterocycles. The lowest BCUT2D eigenvalue weighted by Crippen LogP contribution is -2.29. The van der Waals surface area contributed by atoms with Crippen molar-refractivity contribution < 1.29 is 4.39 Å². The molecule has 0 aliphatic rings. The van der Waals surface area contributed by atoms with Crippen molar-refractivity contribution in [1.29, 1.82) is 0 Å². The van der Waals surface area contributed by atoms with Gasteiger partial charge in [-0.15, -0.1) is 6.42 Å². The normalized spacial score (nSPS) is 12.1. The molecule has 14 heavy (non-hydrogen) atoms. The molecule has 0 amide bonds. The van der Waals surface area contributed by atoms with Gasteiger partial charge in [-0.05, 0) is 30.7 Å². The molecule has 74 valence electrons. The van der Waals surface area contributed by atoms with Crippen LogP contribution in [-0.2, 0) is 6.42 Å². The summed E-state index contributed by atoms with van der Waals surface area (Å²) in [6.45, 7) is 2.82. The van der Waals surface area contributed by atoms with Gasteiger partial charge < -0.3 is 5.32 Å². The summed E-state index contributed by atoms with van der Waals surface area (Å²) < 4.78 is 12.8. The van der Waals surface area contributed by atoms with Crippen LogP contribution < -0.4 is 5.32 Å². The summed E-state index contributed by atoms with van der Waals surface area (Å²) in [7, 11) is 0. The van der Waals surface area contributed by atoms with Crippen LogP contribution in [0.5, 0.6) is 0 Å². The van der Waals surface area contributed by atoms with Crippen LogP contribution in [0.2, 0.25) is 0 Å². The maximum absolute atomic E-state index is 12.8. The van der Waals surface area contributed by atoms with E-state index < -0.39 is 0 Å². The predicted octanol–water partition coefficient (Wildman–Crippen LogP) is 1.98. The lowest BCUT2D eigenvalue weighted by molar-refractivity contribution is 0.610. The van der Waals surface area contributed by atoms with E-state index in [0.717, 1.165) is 12.1 Å². The van der Waals surface area contributed by atoms with Gasteiger partial charge in [0.15, 0.2) is 0 Å². The number of rotatable bonds is 4. The molecule has 1 aromatic rings. The molecule has 1 rings (SSSR count). The minimum atomic E-state index is -0.213. The molecule has 0 saturated carbocycles. The van der Waals surface area contributed by atoms with Crippen molar-refractivity contribution in [3.8, 4) is 12.3 Å². The molecule has 0 bridgehead atoms. The maximum Gasteiger partial charge on any atom is 0.123 e. The van der Waals surface area contributed by atoms with Crippen molar-refractivity contribution in [2.24, 2.45) is 0 Å². The molecular formula is C12H14FN. The number of hydrogen-bond donors (Lipinski definition) is 1. The third kappa shape index (κ3) is 3.20. The molecule has 1 N–H and O–H groups in total. The van der Waals surface area contributed by atoms with E-state index >= 15 is 0 Å². The lowest BCUT2D eigenvalue weighted by atomic mass is 10.1. The standard InChI is InChI=1S/C12H14FN/c1-3-12(14-4-2)9-10-6-5-7-11(13)8-10/h1,5-8,12,14H,4,9H2,2H3. The Hall–Kier alpha value is -1.33. The Morgan fingerprint density at radius 2 is 2.36 bits per heavy atom. The van der Waals surface area contributed by atoms with Crippen LogP contribution in [0.25, 0.3) is 0 Å². The fourth-order valence-electron chi connectivity index (χ4n) is 1.34. The number of terminal acetylenes is 1. The zero-order valence-corrected chi connectivity index (χ0v) is 8.26. The third-order valence-electron chi connectivity index (χ3n) is 1.98. The molecule has 1 unspecified atom stereocenters. The Morgan fingerprint density at radius 1 is 1.57 bits per heavy atom. The monoisotopic (exact) mass is 191 g/mol. The summed E-state index contributed by atoms with van der Waals surface area (Å²) in [6, 6.07) is 6.51. The quantitative estimate of drug-likeness (QED) is 0.717. The van der Waals surface area contributed by atoms with E-state index in [1.54, 1.807) is 6.07 Å². The van der Waals surface area contributed by atoms with Crippen molar-refractivity contribution in [3.63, 3.8) is 0 Å². The highest BCUT2D eigenvalue weighted by Gasteiger charge is 2.04. The molecule has 0 spiro atoms. The first-order valence-electron chi connectivity index (χ1n) is 4.70. The SMILES string of the molecule is C#CC(Cc1cccc(F)c1)NCC. The number of benzene rings is 1. The van der Waals surface area contributed by atoms with Gasteiger partial charge in [-0.1, -0.05) is 25.0 Å². The molecule has 0 radical (unpaired) electrons. The number of hydrogen-bond acceptors (Lipinski definition) is 1. The van der Waals surface area contributed by atoms with Crippen LogP contribution in [0.4, 0.5) is 4.39 Å². The molecule has 0 heterocycles. The van der Waals surface area contributed by atoms with Crippen molar-refractivity contribution in [1.82, 2.24) is 5.32 Å². The highest BCUT2D eigenvalue weighted by Crippen LogP contribution is 2.06. The smallest absolute Gasteiger partial charge is 0.123 e. The Balaban J connectivity index is 2.63. The molecule has 2 heteroatoms. The van der Waals surface area contributed by atoms with E-state index in [4.69, 9.17) is 6.42 Å². The topological polar surface area (TPSA) is 12.0 Å². The summed E-state index contributed by atoms with van der Waals surface area (Å²) in [5.41, 5.74) is 0.925. The van der Waals surface area contributed by atoms with Crippen LogP contribution in [0.15, 0.2) is 24.3 Å². The number of nitrogens with one attached hydrogen (secondary N) is 1. The van der Waals surface area contributed by atoms with Crippen LogP contribution in [-0.4, -0.2) is 12.6 Å². The molecular weight excluding hydrogens is 177 g/mol. The van der Waals surface area contributed by atoms with Crippen molar-refractivity contribution in [2.75, 3.05) is 6.54 Å². The molecule has 0 saturated heterocycles. The van der Waals surface area contributed by atoms with Gasteiger partial charge >= 0.3 is 0 Å². The Kier molecular flexibility index (Phi) is 4.15. The van der Waals surface area contributed by atoms with E-state index in [1.807, 2.05) is 13.0 Å². The zero-order valence-electron chi connectivity index (χ0n) is 8.26. The largest absolute Gasteiger partial charge is 0.304 e. The van der Waals surface area contributed by atoms with Gasteiger partial charge in [0.25, 0.3) is 0 Å². The predicted molar refractivity (Wildman–Crippen MR) is 56.4 cm³/mol. The minimum Gasteiger partial charge on any atom is -0.304 e. The van der Waals surface area contributed by atoms with Crippen LogP contribution in [0, 0.1) is 18.2 Å². The summed E-state index contributed by atoms with van der Waals surface area (Å²) in [4.78, 5) is 0. The summed E-state index contributed by atoms with van der Waals surface area (Å²) in [6.07, 6.45) is 6.01. The molecule has 0 aliphatic heterocycles. The zero-order chi connectivity index (χ0) is 10.4. The van der Waals surface area contributed by atoms with Crippen molar-refractivity contribution in [2.45, 2.75) is 19.4 Å². The van der Waals surface area contributed by atoms with Crippen LogP contribution in [0.1, 0.15) is 12.5 Å². The Morgan fingerprint density at radius 3 is 2.93 bits per heavy atom. The molecule has 1 atom stereocenters. The van der Waals surface area contributed by atoms with Crippen LogP contribution >= 0.6 is 0 Å². The summed E-state index contributed by atoms with van der Waals surface area (Å²) in [5, 5.41) is 3.14. The second kappa shape index (κ2) is 5.41. The number of likely N-dealkylation sites (N-methyl/N-ethyl adjacent to an activating group) is 1. The highest BCUT2D eigenvalue weighted by molar-refractivity contribution is 5.19. The fraction of sp³-hybridized carbons (Fsp3) is 0.333. The van der Waals surface area contributed by atoms with E-state index in [9.17, 15) is 4.39 Å². The van der Waals surface area contributed by atoms with E-state index in [1.165, 1.54) is 12.1 Å². The molecule has 0 fully saturated rings. The second-order valence-corrected chi connectivity index (χ2v) is 3.11. The Bertz CT molecular complexity index is 327. The highest BCUT2D eigenvalue weighted by atomic mass is 19.1. The average Bonchev–Trinajstić information content (AvgIpc) is 2.17. The second-order valence-electron chi connectivity index (χ2n) is 3.11. The first kappa shape index (κ1) is 10.7. The maximum atomic E-state index is 12.8. The van der Waals surface area contributed by atoms with Gasteiger partial charge in [0.05, 0.1) is 6.04 Å². The minimum absolute atomic E-state index is 0.0122. The average molecular weight is 191 g/mol. The van der Waals surface area contributed by atoms with Gasteiger partial charge in [0.1, 0.15) is 5.82 Å². The van der Waals surface area contributed by atoms with Crippen molar-refractivity contribution in [3.05, 3.63) is 35.6 Å². The first-order valence-corrected chi connectivity index (χ1v) is 4.70. The van der Waals surface area contributed by atoms with E-state index in [-0.39, 0.29) is 11.9 Å². The van der Waals surface area contributed by atoms with Gasteiger partial charge in [-0.25, -0.2) is 4.39 Å². The molecule has 1 aromatic carbocycles. The van der Waals surface area contributed by atoms with Crippen molar-refractivity contribution >= 4 is 0 Å². The first-order chi connectivity index (χ1) is 6.76. The van der Waals surface area contributed by atoms with Gasteiger partial charge in [-0.2, -0.15) is 0 Å². The fourth-order valence-corrected chi connectivity index (χ4v) is 1.34. The number of halogens is 1. The molecule has 0 aliphatic carbocycles. The van der Waals surface area contributed by atoms with Crippen LogP contribution in [0.3, 0.4) is 0 Å². The summed E-state index contributed by atoms with van der Waals surface area (Å²) in [5.74, 6) is 2.42. The summed E-state index contributed by atoms with van der Waals surface area (Å²) >= 11 is 0. The van der Waals surface area contributed by atoms with E-state index in [2.05, 4.69) is 11.2 Å². The molecule has 1 nitrogen and oxygen atoms in total. The van der Waals surface area contributed by atoms with Gasteiger partial charge in [0, 0.05) is 0 Å². The Labute approximate surface area is 84.3 Å². The third-order valence-corrected chi connectivity index (χ3v) is 1.98. The van der Waals surface area contributed by atoms with E-state index in [0.29, 0.717) is 6.42 Å². The lowest BCUT2D eigenvalue weighted by Gasteiger charge is -2.10.